The van der Waals surface area contributed by atoms with Crippen molar-refractivity contribution < 1.29 is 0 Å². The maximum Gasteiger partial charge on any atom is 0.0989 e. The van der Waals surface area contributed by atoms with E-state index in [0.717, 1.165) is 16.9 Å². The Balaban J connectivity index is 1.08. The number of nitrogens with zero attached hydrogens (tertiary/aromatic N) is 3. The van der Waals surface area contributed by atoms with Crippen LogP contribution >= 0.6 is 0 Å². The van der Waals surface area contributed by atoms with Crippen LogP contribution in [0.4, 0.5) is 11.4 Å². The molecule has 7 aromatic rings. The van der Waals surface area contributed by atoms with Crippen molar-refractivity contribution >= 4 is 65.6 Å². The van der Waals surface area contributed by atoms with Crippen molar-refractivity contribution in [2.24, 2.45) is 17.8 Å². The van der Waals surface area contributed by atoms with Gasteiger partial charge in [0.15, 0.2) is 0 Å². The van der Waals surface area contributed by atoms with E-state index in [1.807, 2.05) is 0 Å². The fourth-order valence-electron chi connectivity index (χ4n) is 11.8. The fraction of sp³-hybridized carbons (Fsp3) is 0.0877. The zero-order chi connectivity index (χ0) is 39.6. The number of hydrogen-bond acceptors (Lipinski definition) is 3. The lowest BCUT2D eigenvalue weighted by Gasteiger charge is -2.46. The monoisotopic (exact) mass is 761 g/mol. The van der Waals surface area contributed by atoms with Crippen LogP contribution in [0.1, 0.15) is 28.2 Å². The lowest BCUT2D eigenvalue weighted by molar-refractivity contribution is 0.471. The lowest BCUT2D eigenvalue weighted by Crippen LogP contribution is -2.43. The van der Waals surface area contributed by atoms with Gasteiger partial charge in [0.2, 0.25) is 0 Å². The minimum atomic E-state index is -0.0440. The Kier molecular flexibility index (Phi) is 6.87. The predicted octanol–water partition coefficient (Wildman–Crippen LogP) is 13.5. The molecule has 0 saturated carbocycles. The summed E-state index contributed by atoms with van der Waals surface area (Å²) in [5, 5.41) is 30.4. The van der Waals surface area contributed by atoms with Crippen LogP contribution in [0.3, 0.4) is 0 Å². The van der Waals surface area contributed by atoms with E-state index in [1.165, 1.54) is 87.6 Å². The minimum absolute atomic E-state index is 0.0431. The summed E-state index contributed by atoms with van der Waals surface area (Å²) in [6, 6.07) is 50.0. The summed E-state index contributed by atoms with van der Waals surface area (Å²) in [4.78, 5) is 2.47. The average molecular weight is 762 g/mol. The molecule has 7 aromatic carbocycles. The van der Waals surface area contributed by atoms with Crippen molar-refractivity contribution in [2.45, 2.75) is 12.0 Å². The molecule has 0 fully saturated rings. The number of hydrogen-bond donors (Lipinski definition) is 0. The Hall–Kier alpha value is -7.72. The standard InChI is InChI=1S/C57H35N3/c58-31-33-25-35-11-9-20-43-40-15-3-5-18-44(40)57(51(27-33)54(35)43)50-30-49-39-14-2-1-13-38(39)48-29-37(23-24-47(48)56(49)45-19-6-4-16-41(45)50)60-52-22-8-7-17-42(52)46-21-10-12-36-26-34(32-59)28-53(60)55(36)46/h1-30,51,53-55,57H. The lowest BCUT2D eigenvalue weighted by atomic mass is 9.59. The number of benzene rings is 7. The third kappa shape index (κ3) is 4.47. The first kappa shape index (κ1) is 33.3. The zero-order valence-electron chi connectivity index (χ0n) is 32.5. The van der Waals surface area contributed by atoms with Crippen molar-refractivity contribution in [1.82, 2.24) is 0 Å². The molecule has 5 aliphatic carbocycles. The SMILES string of the molecule is N#CC1=CC2C3C(=C1)C=CC=C3c1ccccc1C2c1cc2c3ccccc3c3cc(N4c5ccccc5C5=CC=CC6=CC(C#N)=CC4C65)ccc3c2c2ccccc12. The predicted molar refractivity (Wildman–Crippen MR) is 245 cm³/mol. The molecule has 0 aromatic heterocycles. The van der Waals surface area contributed by atoms with Gasteiger partial charge >= 0.3 is 0 Å². The second kappa shape index (κ2) is 12.4. The summed E-state index contributed by atoms with van der Waals surface area (Å²) < 4.78 is 0. The molecule has 0 N–H and O–H groups in total. The molecular formula is C57H35N3. The van der Waals surface area contributed by atoms with Crippen molar-refractivity contribution in [1.29, 1.82) is 10.5 Å². The molecule has 60 heavy (non-hydrogen) atoms. The van der Waals surface area contributed by atoms with E-state index in [9.17, 15) is 10.5 Å². The van der Waals surface area contributed by atoms with Crippen molar-refractivity contribution in [3.8, 4) is 12.1 Å². The molecule has 0 radical (unpaired) electrons. The molecule has 1 aliphatic heterocycles. The largest absolute Gasteiger partial charge is 0.333 e. The van der Waals surface area contributed by atoms with E-state index in [-0.39, 0.29) is 29.7 Å². The van der Waals surface area contributed by atoms with Gasteiger partial charge in [-0.05, 0) is 125 Å². The number of allylic oxidation sites excluding steroid dienone is 13. The van der Waals surface area contributed by atoms with E-state index in [4.69, 9.17) is 0 Å². The van der Waals surface area contributed by atoms with Crippen LogP contribution in [0.2, 0.25) is 0 Å². The summed E-state index contributed by atoms with van der Waals surface area (Å²) in [6.07, 6.45) is 21.8. The van der Waals surface area contributed by atoms with Crippen LogP contribution in [-0.4, -0.2) is 6.04 Å². The Morgan fingerprint density at radius 2 is 1.10 bits per heavy atom. The van der Waals surface area contributed by atoms with E-state index >= 15 is 0 Å². The van der Waals surface area contributed by atoms with Gasteiger partial charge < -0.3 is 4.90 Å². The van der Waals surface area contributed by atoms with Crippen molar-refractivity contribution in [3.05, 3.63) is 227 Å². The van der Waals surface area contributed by atoms with Gasteiger partial charge in [-0.3, -0.25) is 0 Å². The number of anilines is 2. The first-order chi connectivity index (χ1) is 29.7. The van der Waals surface area contributed by atoms with Crippen molar-refractivity contribution in [2.75, 3.05) is 4.90 Å². The summed E-state index contributed by atoms with van der Waals surface area (Å²) in [5.74, 6) is 0.444. The maximum absolute atomic E-state index is 10.3. The highest BCUT2D eigenvalue weighted by atomic mass is 15.2. The molecule has 278 valence electrons. The number of nitriles is 2. The van der Waals surface area contributed by atoms with Gasteiger partial charge in [-0.2, -0.15) is 10.5 Å². The Labute approximate surface area is 348 Å². The minimum Gasteiger partial charge on any atom is -0.333 e. The van der Waals surface area contributed by atoms with Gasteiger partial charge in [0, 0.05) is 46.2 Å². The fourth-order valence-corrected chi connectivity index (χ4v) is 11.8. The molecule has 3 heteroatoms. The normalized spacial score (nSPS) is 22.9. The van der Waals surface area contributed by atoms with E-state index in [2.05, 4.69) is 199 Å². The van der Waals surface area contributed by atoms with Crippen molar-refractivity contribution in [3.63, 3.8) is 0 Å². The second-order valence-electron chi connectivity index (χ2n) is 16.9. The third-order valence-corrected chi connectivity index (χ3v) is 14.1. The molecule has 0 amide bonds. The first-order valence-corrected chi connectivity index (χ1v) is 20.9. The van der Waals surface area contributed by atoms with Gasteiger partial charge in [0.25, 0.3) is 0 Å². The first-order valence-electron chi connectivity index (χ1n) is 20.9. The average Bonchev–Trinajstić information content (AvgIpc) is 3.31. The molecule has 5 atom stereocenters. The zero-order valence-corrected chi connectivity index (χ0v) is 32.5. The van der Waals surface area contributed by atoms with Gasteiger partial charge in [0.05, 0.1) is 23.8 Å². The van der Waals surface area contributed by atoms with Crippen LogP contribution in [0, 0.1) is 40.4 Å². The van der Waals surface area contributed by atoms with Gasteiger partial charge in [-0.25, -0.2) is 0 Å². The summed E-state index contributed by atoms with van der Waals surface area (Å²) in [5.41, 5.74) is 13.9. The molecule has 5 unspecified atom stereocenters. The molecule has 0 bridgehead atoms. The summed E-state index contributed by atoms with van der Waals surface area (Å²) >= 11 is 0. The van der Waals surface area contributed by atoms with E-state index < -0.39 is 0 Å². The van der Waals surface area contributed by atoms with Crippen LogP contribution in [0.5, 0.6) is 0 Å². The highest BCUT2D eigenvalue weighted by Gasteiger charge is 2.44. The molecular weight excluding hydrogens is 727 g/mol. The maximum atomic E-state index is 10.3. The highest BCUT2D eigenvalue weighted by molar-refractivity contribution is 6.32. The van der Waals surface area contributed by atoms with E-state index in [0.29, 0.717) is 5.57 Å². The quantitative estimate of drug-likeness (QED) is 0.165. The summed E-state index contributed by atoms with van der Waals surface area (Å²) in [6.45, 7) is 0. The second-order valence-corrected chi connectivity index (χ2v) is 16.9. The van der Waals surface area contributed by atoms with Crippen LogP contribution < -0.4 is 4.90 Å². The summed E-state index contributed by atoms with van der Waals surface area (Å²) in [7, 11) is 0. The molecule has 1 heterocycles. The third-order valence-electron chi connectivity index (χ3n) is 14.1. The van der Waals surface area contributed by atoms with E-state index in [1.54, 1.807) is 0 Å². The Morgan fingerprint density at radius 1 is 0.483 bits per heavy atom. The molecule has 6 aliphatic rings. The number of rotatable bonds is 2. The number of fused-ring (bicyclic) bond motifs is 12. The number of para-hydroxylation sites is 1. The molecule has 0 saturated heterocycles. The van der Waals surface area contributed by atoms with Gasteiger partial charge in [0.1, 0.15) is 0 Å². The highest BCUT2D eigenvalue weighted by Crippen LogP contribution is 2.57. The van der Waals surface area contributed by atoms with Crippen LogP contribution in [-0.2, 0) is 0 Å². The molecule has 13 rings (SSSR count). The molecule has 3 nitrogen and oxygen atoms in total. The smallest absolute Gasteiger partial charge is 0.0989 e. The molecule has 0 spiro atoms. The van der Waals surface area contributed by atoms with Crippen LogP contribution in [0.25, 0.3) is 54.2 Å². The van der Waals surface area contributed by atoms with Gasteiger partial charge in [-0.1, -0.05) is 140 Å². The topological polar surface area (TPSA) is 50.8 Å². The van der Waals surface area contributed by atoms with Gasteiger partial charge in [-0.15, -0.1) is 0 Å². The van der Waals surface area contributed by atoms with Crippen LogP contribution in [0.15, 0.2) is 204 Å². The Bertz CT molecular complexity index is 3490. The Morgan fingerprint density at radius 3 is 1.88 bits per heavy atom.